The summed E-state index contributed by atoms with van der Waals surface area (Å²) in [4.78, 5) is 11.5. The summed E-state index contributed by atoms with van der Waals surface area (Å²) in [5, 5.41) is 3.48. The highest BCUT2D eigenvalue weighted by Crippen LogP contribution is 2.31. The Hall–Kier alpha value is -2.80. The third-order valence-electron chi connectivity index (χ3n) is 7.43. The van der Waals surface area contributed by atoms with Crippen LogP contribution in [0.2, 0.25) is 0 Å². The number of nitrogen functional groups attached to an aromatic ring is 1. The van der Waals surface area contributed by atoms with Crippen LogP contribution in [-0.4, -0.2) is 46.2 Å². The highest BCUT2D eigenvalue weighted by Gasteiger charge is 2.31. The molecule has 0 radical (unpaired) electrons. The largest absolute Gasteiger partial charge is 0.496 e. The Kier molecular flexibility index (Phi) is 8.72. The molecule has 0 amide bonds. The zero-order valence-electron chi connectivity index (χ0n) is 22.8. The van der Waals surface area contributed by atoms with E-state index in [-0.39, 0.29) is 0 Å². The molecule has 1 fully saturated rings. The summed E-state index contributed by atoms with van der Waals surface area (Å²) in [6.07, 6.45) is 6.86. The van der Waals surface area contributed by atoms with Crippen LogP contribution in [0.5, 0.6) is 5.75 Å². The Morgan fingerprint density at radius 3 is 2.64 bits per heavy atom. The van der Waals surface area contributed by atoms with Crippen molar-refractivity contribution >= 4 is 22.8 Å². The van der Waals surface area contributed by atoms with Gasteiger partial charge in [-0.2, -0.15) is 4.98 Å². The van der Waals surface area contributed by atoms with Gasteiger partial charge in [0.15, 0.2) is 5.82 Å². The van der Waals surface area contributed by atoms with Crippen molar-refractivity contribution in [1.82, 2.24) is 19.4 Å². The van der Waals surface area contributed by atoms with Gasteiger partial charge in [-0.25, -0.2) is 4.98 Å². The van der Waals surface area contributed by atoms with Gasteiger partial charge in [-0.1, -0.05) is 52.7 Å². The van der Waals surface area contributed by atoms with Crippen LogP contribution in [0.25, 0.3) is 11.0 Å². The van der Waals surface area contributed by atoms with E-state index < -0.39 is 0 Å². The number of anilines is 2. The fraction of sp³-hybridized carbons (Fsp3) is 0.586. The van der Waals surface area contributed by atoms with Gasteiger partial charge in [0.2, 0.25) is 5.95 Å². The normalized spacial score (nSPS) is 15.4. The zero-order valence-corrected chi connectivity index (χ0v) is 22.8. The fourth-order valence-corrected chi connectivity index (χ4v) is 5.46. The second-order valence-corrected chi connectivity index (χ2v) is 10.9. The average Bonchev–Trinajstić information content (AvgIpc) is 3.21. The minimum Gasteiger partial charge on any atom is -0.496 e. The lowest BCUT2D eigenvalue weighted by Crippen LogP contribution is -2.48. The molecule has 7 heteroatoms. The van der Waals surface area contributed by atoms with Crippen molar-refractivity contribution in [2.75, 3.05) is 37.8 Å². The van der Waals surface area contributed by atoms with Crippen molar-refractivity contribution < 1.29 is 4.74 Å². The second kappa shape index (κ2) is 12.0. The number of hydrogen-bond donors (Lipinski definition) is 2. The summed E-state index contributed by atoms with van der Waals surface area (Å²) in [7, 11) is 1.76. The molecule has 0 bridgehead atoms. The standard InChI is InChI=1S/C29H44N6O/c1-6-7-8-12-31-28-27-25(32-29(30)33-28)11-13-35(27)19-23-10-9-22(15-26(23)36-5)16-34-17-24(18-34)21(4)14-20(2)3/h9-11,13,15,20-21,24H,6-8,12,14,16-19H2,1-5H3,(H3,30,31,32,33). The van der Waals surface area contributed by atoms with Gasteiger partial charge in [-0.3, -0.25) is 4.90 Å². The van der Waals surface area contributed by atoms with Crippen LogP contribution in [0.3, 0.4) is 0 Å². The zero-order chi connectivity index (χ0) is 25.7. The number of unbranched alkanes of at least 4 members (excludes halogenated alkanes) is 2. The molecule has 1 saturated heterocycles. The summed E-state index contributed by atoms with van der Waals surface area (Å²) in [6.45, 7) is 14.2. The van der Waals surface area contributed by atoms with Crippen LogP contribution in [-0.2, 0) is 13.1 Å². The van der Waals surface area contributed by atoms with Gasteiger partial charge in [0.1, 0.15) is 11.3 Å². The first-order chi connectivity index (χ1) is 17.4. The van der Waals surface area contributed by atoms with Crippen LogP contribution in [0.1, 0.15) is 64.5 Å². The maximum Gasteiger partial charge on any atom is 0.222 e. The van der Waals surface area contributed by atoms with Crippen molar-refractivity contribution in [3.8, 4) is 5.75 Å². The number of rotatable bonds is 13. The number of benzene rings is 1. The molecule has 2 aromatic heterocycles. The Morgan fingerprint density at radius 1 is 1.11 bits per heavy atom. The molecule has 1 aliphatic rings. The Bertz CT molecular complexity index is 1130. The van der Waals surface area contributed by atoms with E-state index in [0.717, 1.165) is 65.4 Å². The van der Waals surface area contributed by atoms with Crippen molar-refractivity contribution in [3.63, 3.8) is 0 Å². The quantitative estimate of drug-likeness (QED) is 0.294. The van der Waals surface area contributed by atoms with E-state index in [1.54, 1.807) is 7.11 Å². The predicted molar refractivity (Wildman–Crippen MR) is 149 cm³/mol. The maximum atomic E-state index is 5.99. The first-order valence-electron chi connectivity index (χ1n) is 13.6. The van der Waals surface area contributed by atoms with Gasteiger partial charge in [-0.15, -0.1) is 0 Å². The Balaban J connectivity index is 1.45. The van der Waals surface area contributed by atoms with E-state index in [4.69, 9.17) is 10.5 Å². The molecule has 7 nitrogen and oxygen atoms in total. The molecule has 1 aliphatic heterocycles. The molecule has 3 aromatic rings. The SMILES string of the molecule is CCCCCNc1nc(N)nc2ccn(Cc3ccc(CN4CC(C(C)CC(C)C)C4)cc3OC)c12. The number of methoxy groups -OCH3 is 1. The van der Waals surface area contributed by atoms with Gasteiger partial charge in [0, 0.05) is 37.9 Å². The highest BCUT2D eigenvalue weighted by atomic mass is 16.5. The monoisotopic (exact) mass is 492 g/mol. The minimum atomic E-state index is 0.298. The van der Waals surface area contributed by atoms with Gasteiger partial charge in [-0.05, 0) is 48.3 Å². The summed E-state index contributed by atoms with van der Waals surface area (Å²) in [5.74, 6) is 4.44. The molecular formula is C29H44N6O. The van der Waals surface area contributed by atoms with Gasteiger partial charge in [0.05, 0.1) is 19.2 Å². The molecule has 196 valence electrons. The number of nitrogens with zero attached hydrogens (tertiary/aromatic N) is 4. The number of nitrogens with one attached hydrogen (secondary N) is 1. The fourth-order valence-electron chi connectivity index (χ4n) is 5.46. The summed E-state index contributed by atoms with van der Waals surface area (Å²) < 4.78 is 8.01. The topological polar surface area (TPSA) is 81.2 Å². The molecular weight excluding hydrogens is 448 g/mol. The van der Waals surface area contributed by atoms with E-state index in [9.17, 15) is 0 Å². The number of fused-ring (bicyclic) bond motifs is 1. The lowest BCUT2D eigenvalue weighted by atomic mass is 9.82. The van der Waals surface area contributed by atoms with E-state index in [1.807, 2.05) is 6.07 Å². The Morgan fingerprint density at radius 2 is 1.92 bits per heavy atom. The molecule has 0 saturated carbocycles. The molecule has 3 heterocycles. The van der Waals surface area contributed by atoms with E-state index in [0.29, 0.717) is 12.5 Å². The summed E-state index contributed by atoms with van der Waals surface area (Å²) in [5.41, 5.74) is 10.3. The molecule has 0 aliphatic carbocycles. The molecule has 1 unspecified atom stereocenters. The third kappa shape index (κ3) is 6.30. The Labute approximate surface area is 216 Å². The summed E-state index contributed by atoms with van der Waals surface area (Å²) in [6, 6.07) is 8.65. The number of aromatic nitrogens is 3. The minimum absolute atomic E-state index is 0.298. The number of ether oxygens (including phenoxy) is 1. The van der Waals surface area contributed by atoms with Crippen LogP contribution in [0, 0.1) is 17.8 Å². The van der Waals surface area contributed by atoms with Gasteiger partial charge in [0.25, 0.3) is 0 Å². The van der Waals surface area contributed by atoms with Crippen LogP contribution >= 0.6 is 0 Å². The lowest BCUT2D eigenvalue weighted by molar-refractivity contribution is 0.0490. The predicted octanol–water partition coefficient (Wildman–Crippen LogP) is 5.79. The summed E-state index contributed by atoms with van der Waals surface area (Å²) >= 11 is 0. The van der Waals surface area contributed by atoms with Crippen molar-refractivity contribution in [1.29, 1.82) is 0 Å². The lowest BCUT2D eigenvalue weighted by Gasteiger charge is -2.43. The first-order valence-corrected chi connectivity index (χ1v) is 13.6. The van der Waals surface area contributed by atoms with Crippen LogP contribution < -0.4 is 15.8 Å². The van der Waals surface area contributed by atoms with E-state index in [2.05, 4.69) is 76.8 Å². The van der Waals surface area contributed by atoms with E-state index in [1.165, 1.54) is 37.9 Å². The molecule has 0 spiro atoms. The third-order valence-corrected chi connectivity index (χ3v) is 7.43. The van der Waals surface area contributed by atoms with Crippen LogP contribution in [0.15, 0.2) is 30.5 Å². The van der Waals surface area contributed by atoms with E-state index >= 15 is 0 Å². The first kappa shape index (κ1) is 26.3. The molecule has 1 atom stereocenters. The molecule has 1 aromatic carbocycles. The van der Waals surface area contributed by atoms with Crippen molar-refractivity contribution in [3.05, 3.63) is 41.6 Å². The number of likely N-dealkylation sites (tertiary alicyclic amines) is 1. The van der Waals surface area contributed by atoms with Crippen LogP contribution in [0.4, 0.5) is 11.8 Å². The van der Waals surface area contributed by atoms with Gasteiger partial charge < -0.3 is 20.4 Å². The second-order valence-electron chi connectivity index (χ2n) is 10.9. The van der Waals surface area contributed by atoms with Crippen molar-refractivity contribution in [2.24, 2.45) is 17.8 Å². The molecule has 3 N–H and O–H groups in total. The number of hydrogen-bond acceptors (Lipinski definition) is 6. The van der Waals surface area contributed by atoms with Crippen molar-refractivity contribution in [2.45, 2.75) is 66.5 Å². The highest BCUT2D eigenvalue weighted by molar-refractivity contribution is 5.87. The average molecular weight is 493 g/mol. The van der Waals surface area contributed by atoms with Gasteiger partial charge >= 0.3 is 0 Å². The molecule has 36 heavy (non-hydrogen) atoms. The molecule has 4 rings (SSSR count). The number of nitrogens with two attached hydrogens (primary N) is 1. The smallest absolute Gasteiger partial charge is 0.222 e. The maximum absolute atomic E-state index is 5.99.